The Kier molecular flexibility index (Phi) is 15.4. The molecule has 0 aromatic rings. The van der Waals surface area contributed by atoms with Gasteiger partial charge in [-0.15, -0.1) is 0 Å². The third-order valence-electron chi connectivity index (χ3n) is 2.07. The van der Waals surface area contributed by atoms with E-state index in [-0.39, 0.29) is 6.54 Å². The van der Waals surface area contributed by atoms with Gasteiger partial charge in [-0.3, -0.25) is 0 Å². The van der Waals surface area contributed by atoms with Gasteiger partial charge in [0.15, 0.2) is 0 Å². The molecule has 0 aliphatic heterocycles. The Morgan fingerprint density at radius 3 is 1.60 bits per heavy atom. The molecular weight excluding hydrogens is 270 g/mol. The van der Waals surface area contributed by atoms with Crippen LogP contribution in [-0.2, 0) is 23.7 Å². The van der Waals surface area contributed by atoms with Crippen molar-refractivity contribution in [2.24, 2.45) is 0 Å². The molecule has 1 amide bonds. The normalized spacial score (nSPS) is 10.7. The lowest BCUT2D eigenvalue weighted by Gasteiger charge is -2.07. The van der Waals surface area contributed by atoms with Crippen LogP contribution in [0.25, 0.3) is 0 Å². The number of rotatable bonds is 15. The van der Waals surface area contributed by atoms with E-state index in [9.17, 15) is 4.79 Å². The van der Waals surface area contributed by atoms with Crippen LogP contribution in [0.1, 0.15) is 0 Å². The summed E-state index contributed by atoms with van der Waals surface area (Å²) in [6, 6.07) is 0. The fourth-order valence-electron chi connectivity index (χ4n) is 1.13. The molecule has 0 unspecified atom stereocenters. The summed E-state index contributed by atoms with van der Waals surface area (Å²) >= 11 is 0. The molecule has 0 spiro atoms. The summed E-state index contributed by atoms with van der Waals surface area (Å²) < 4.78 is 25.7. The number of nitrogens with one attached hydrogen (secondary N) is 1. The molecule has 120 valence electrons. The predicted octanol–water partition coefficient (Wildman–Crippen LogP) is -0.0332. The van der Waals surface area contributed by atoms with E-state index in [4.69, 9.17) is 28.8 Å². The number of amides is 1. The van der Waals surface area contributed by atoms with Gasteiger partial charge in [0, 0.05) is 13.7 Å². The maximum atomic E-state index is 10.1. The fraction of sp³-hybridized carbons (Fsp3) is 0.917. The summed E-state index contributed by atoms with van der Waals surface area (Å²) in [6.07, 6.45) is -1.05. The van der Waals surface area contributed by atoms with Crippen LogP contribution in [0.4, 0.5) is 4.79 Å². The van der Waals surface area contributed by atoms with Gasteiger partial charge in [-0.05, 0) is 0 Å². The number of ether oxygens (including phenoxy) is 5. The first-order valence-electron chi connectivity index (χ1n) is 6.54. The maximum Gasteiger partial charge on any atom is 0.404 e. The average molecular weight is 295 g/mol. The van der Waals surface area contributed by atoms with E-state index in [1.165, 1.54) is 0 Å². The third-order valence-corrected chi connectivity index (χ3v) is 2.07. The standard InChI is InChI=1S/C12H25NO7/c1-16-4-5-18-8-9-20-11-10-19-7-6-17-3-2-13-12(14)15/h13H,2-11H2,1H3,(H,14,15). The van der Waals surface area contributed by atoms with E-state index in [0.29, 0.717) is 59.5 Å². The summed E-state index contributed by atoms with van der Waals surface area (Å²) in [5.41, 5.74) is 0. The van der Waals surface area contributed by atoms with Gasteiger partial charge in [0.05, 0.1) is 59.5 Å². The van der Waals surface area contributed by atoms with Crippen LogP contribution in [0.15, 0.2) is 0 Å². The van der Waals surface area contributed by atoms with Gasteiger partial charge in [-0.25, -0.2) is 4.79 Å². The van der Waals surface area contributed by atoms with Crippen molar-refractivity contribution in [3.05, 3.63) is 0 Å². The lowest BCUT2D eigenvalue weighted by atomic mass is 10.6. The molecule has 8 heteroatoms. The zero-order chi connectivity index (χ0) is 14.9. The molecule has 0 saturated heterocycles. The van der Waals surface area contributed by atoms with E-state index >= 15 is 0 Å². The van der Waals surface area contributed by atoms with Crippen molar-refractivity contribution in [2.45, 2.75) is 0 Å². The van der Waals surface area contributed by atoms with Crippen LogP contribution in [0.2, 0.25) is 0 Å². The Bertz CT molecular complexity index is 216. The predicted molar refractivity (Wildman–Crippen MR) is 71.2 cm³/mol. The molecule has 0 fully saturated rings. The largest absolute Gasteiger partial charge is 0.465 e. The molecule has 0 bridgehead atoms. The molecule has 20 heavy (non-hydrogen) atoms. The molecule has 0 aliphatic rings. The van der Waals surface area contributed by atoms with Crippen LogP contribution >= 0.6 is 0 Å². The van der Waals surface area contributed by atoms with Crippen LogP contribution in [-0.4, -0.2) is 84.3 Å². The number of hydrogen-bond acceptors (Lipinski definition) is 6. The van der Waals surface area contributed by atoms with E-state index in [2.05, 4.69) is 5.32 Å². The van der Waals surface area contributed by atoms with Crippen molar-refractivity contribution >= 4 is 6.09 Å². The van der Waals surface area contributed by atoms with E-state index < -0.39 is 6.09 Å². The Hall–Kier alpha value is -0.930. The van der Waals surface area contributed by atoms with Gasteiger partial charge >= 0.3 is 6.09 Å². The first kappa shape index (κ1) is 19.1. The fourth-order valence-corrected chi connectivity index (χ4v) is 1.13. The zero-order valence-corrected chi connectivity index (χ0v) is 12.0. The zero-order valence-electron chi connectivity index (χ0n) is 12.0. The first-order chi connectivity index (χ1) is 9.77. The average Bonchev–Trinajstić information content (AvgIpc) is 2.43. The number of carboxylic acid groups (broad SMARTS) is 1. The molecule has 0 saturated carbocycles. The summed E-state index contributed by atoms with van der Waals surface area (Å²) in [5, 5.41) is 10.5. The Morgan fingerprint density at radius 1 is 0.800 bits per heavy atom. The highest BCUT2D eigenvalue weighted by molar-refractivity contribution is 5.64. The topological polar surface area (TPSA) is 95.5 Å². The van der Waals surface area contributed by atoms with Crippen molar-refractivity contribution in [3.8, 4) is 0 Å². The van der Waals surface area contributed by atoms with Gasteiger partial charge in [-0.2, -0.15) is 0 Å². The Balaban J connectivity index is 2.94. The summed E-state index contributed by atoms with van der Waals surface area (Å²) in [7, 11) is 1.63. The third kappa shape index (κ3) is 17.1. The van der Waals surface area contributed by atoms with E-state index in [1.54, 1.807) is 7.11 Å². The molecular formula is C12H25NO7. The van der Waals surface area contributed by atoms with Crippen LogP contribution in [0, 0.1) is 0 Å². The SMILES string of the molecule is COCCOCCOCCOCCOCCNC(=O)O. The Labute approximate surface area is 119 Å². The molecule has 0 atom stereocenters. The highest BCUT2D eigenvalue weighted by Crippen LogP contribution is 1.83. The monoisotopic (exact) mass is 295 g/mol. The van der Waals surface area contributed by atoms with Gasteiger partial charge in [-0.1, -0.05) is 0 Å². The number of carbonyl (C=O) groups is 1. The highest BCUT2D eigenvalue weighted by Gasteiger charge is 1.94. The molecule has 0 aromatic carbocycles. The molecule has 0 aliphatic carbocycles. The second kappa shape index (κ2) is 16.1. The number of methoxy groups -OCH3 is 1. The molecule has 0 radical (unpaired) electrons. The minimum atomic E-state index is -1.05. The Morgan fingerprint density at radius 2 is 1.20 bits per heavy atom. The van der Waals surface area contributed by atoms with Crippen molar-refractivity contribution in [1.29, 1.82) is 0 Å². The van der Waals surface area contributed by atoms with Crippen LogP contribution in [0.5, 0.6) is 0 Å². The van der Waals surface area contributed by atoms with Gasteiger partial charge in [0.1, 0.15) is 0 Å². The quantitative estimate of drug-likeness (QED) is 0.409. The van der Waals surface area contributed by atoms with E-state index in [1.807, 2.05) is 0 Å². The second-order valence-corrected chi connectivity index (χ2v) is 3.67. The minimum Gasteiger partial charge on any atom is -0.465 e. The summed E-state index contributed by atoms with van der Waals surface area (Å²) in [5.74, 6) is 0. The van der Waals surface area contributed by atoms with Gasteiger partial charge < -0.3 is 34.1 Å². The summed E-state index contributed by atoms with van der Waals surface area (Å²) in [6.45, 7) is 4.75. The molecule has 8 nitrogen and oxygen atoms in total. The second-order valence-electron chi connectivity index (χ2n) is 3.67. The maximum absolute atomic E-state index is 10.1. The lowest BCUT2D eigenvalue weighted by molar-refractivity contribution is -0.00744. The van der Waals surface area contributed by atoms with Crippen molar-refractivity contribution in [2.75, 3.05) is 73.1 Å². The molecule has 0 aromatic heterocycles. The van der Waals surface area contributed by atoms with Gasteiger partial charge in [0.2, 0.25) is 0 Å². The first-order valence-corrected chi connectivity index (χ1v) is 6.54. The lowest BCUT2D eigenvalue weighted by Crippen LogP contribution is -2.25. The smallest absolute Gasteiger partial charge is 0.404 e. The molecule has 0 heterocycles. The highest BCUT2D eigenvalue weighted by atomic mass is 16.6. The van der Waals surface area contributed by atoms with E-state index in [0.717, 1.165) is 0 Å². The van der Waals surface area contributed by atoms with Crippen LogP contribution < -0.4 is 5.32 Å². The number of hydrogen-bond donors (Lipinski definition) is 2. The molecule has 2 N–H and O–H groups in total. The van der Waals surface area contributed by atoms with Crippen molar-refractivity contribution in [3.63, 3.8) is 0 Å². The van der Waals surface area contributed by atoms with Crippen molar-refractivity contribution in [1.82, 2.24) is 5.32 Å². The van der Waals surface area contributed by atoms with Crippen LogP contribution in [0.3, 0.4) is 0 Å². The van der Waals surface area contributed by atoms with Crippen molar-refractivity contribution < 1.29 is 33.6 Å². The van der Waals surface area contributed by atoms with Gasteiger partial charge in [0.25, 0.3) is 0 Å². The molecule has 0 rings (SSSR count). The summed E-state index contributed by atoms with van der Waals surface area (Å²) in [4.78, 5) is 10.1. The minimum absolute atomic E-state index is 0.279.